The Morgan fingerprint density at radius 2 is 2.10 bits per heavy atom. The Kier molecular flexibility index (Phi) is 8.23. The van der Waals surface area contributed by atoms with Gasteiger partial charge in [-0.1, -0.05) is 22.0 Å². The molecule has 0 bridgehead atoms. The molecule has 0 aromatic heterocycles. The Morgan fingerprint density at radius 3 is 2.62 bits per heavy atom. The smallest absolute Gasteiger partial charge is 0.383 e. The van der Waals surface area contributed by atoms with Gasteiger partial charge in [-0.3, -0.25) is 4.79 Å². The van der Waals surface area contributed by atoms with E-state index in [1.165, 1.54) is 19.2 Å². The molecule has 1 unspecified atom stereocenters. The van der Waals surface area contributed by atoms with E-state index in [1.54, 1.807) is 0 Å². The molecular weight excluding hydrogens is 376 g/mol. The summed E-state index contributed by atoms with van der Waals surface area (Å²) >= 11 is 2.99. The quantitative estimate of drug-likeness (QED) is 0.810. The van der Waals surface area contributed by atoms with Gasteiger partial charge in [0.05, 0.1) is 12.2 Å². The van der Waals surface area contributed by atoms with Gasteiger partial charge in [0.25, 0.3) is 0 Å². The monoisotopic (exact) mass is 390 g/mol. The molecule has 4 nitrogen and oxygen atoms in total. The summed E-state index contributed by atoms with van der Waals surface area (Å²) < 4.78 is 43.6. The first-order chi connectivity index (χ1) is 9.25. The molecule has 0 aliphatic carbocycles. The molecule has 0 fully saturated rings. The minimum Gasteiger partial charge on any atom is -0.383 e. The molecule has 0 saturated heterocycles. The summed E-state index contributed by atoms with van der Waals surface area (Å²) in [6, 6.07) is 2.84. The number of methoxy groups -OCH3 is 1. The van der Waals surface area contributed by atoms with Gasteiger partial charge in [-0.05, 0) is 17.7 Å². The van der Waals surface area contributed by atoms with Crippen molar-refractivity contribution in [2.24, 2.45) is 5.73 Å². The largest absolute Gasteiger partial charge is 0.416 e. The van der Waals surface area contributed by atoms with E-state index in [-0.39, 0.29) is 31.1 Å². The molecule has 21 heavy (non-hydrogen) atoms. The van der Waals surface area contributed by atoms with E-state index in [4.69, 9.17) is 10.5 Å². The lowest BCUT2D eigenvalue weighted by molar-refractivity contribution is -0.138. The number of rotatable bonds is 5. The van der Waals surface area contributed by atoms with Crippen LogP contribution in [0.4, 0.5) is 13.2 Å². The van der Waals surface area contributed by atoms with Gasteiger partial charge >= 0.3 is 6.18 Å². The van der Waals surface area contributed by atoms with Crippen LogP contribution in [0, 0.1) is 0 Å². The van der Waals surface area contributed by atoms with E-state index < -0.39 is 23.7 Å². The van der Waals surface area contributed by atoms with Gasteiger partial charge in [0.2, 0.25) is 5.91 Å². The minimum absolute atomic E-state index is 0. The normalized spacial score (nSPS) is 12.5. The van der Waals surface area contributed by atoms with Crippen molar-refractivity contribution < 1.29 is 22.7 Å². The summed E-state index contributed by atoms with van der Waals surface area (Å²) in [5.41, 5.74) is 4.65. The highest BCUT2D eigenvalue weighted by Gasteiger charge is 2.33. The number of carbonyl (C=O) groups is 1. The second kappa shape index (κ2) is 8.57. The van der Waals surface area contributed by atoms with Crippen LogP contribution in [0.2, 0.25) is 0 Å². The highest BCUT2D eigenvalue weighted by Crippen LogP contribution is 2.33. The van der Waals surface area contributed by atoms with Gasteiger partial charge in [-0.2, -0.15) is 13.2 Å². The lowest BCUT2D eigenvalue weighted by atomic mass is 10.1. The molecule has 120 valence electrons. The number of amides is 1. The van der Waals surface area contributed by atoms with E-state index >= 15 is 0 Å². The molecule has 0 radical (unpaired) electrons. The van der Waals surface area contributed by atoms with Crippen molar-refractivity contribution >= 4 is 34.2 Å². The Labute approximate surface area is 134 Å². The van der Waals surface area contributed by atoms with Crippen molar-refractivity contribution in [2.45, 2.75) is 18.8 Å². The Morgan fingerprint density at radius 1 is 1.48 bits per heavy atom. The number of nitrogens with two attached hydrogens (primary N) is 1. The molecule has 1 aromatic carbocycles. The maximum Gasteiger partial charge on any atom is 0.416 e. The third-order valence-corrected chi connectivity index (χ3v) is 3.01. The second-order valence-corrected chi connectivity index (χ2v) is 4.99. The van der Waals surface area contributed by atoms with Crippen molar-refractivity contribution in [2.75, 3.05) is 13.7 Å². The number of nitrogens with one attached hydrogen (secondary N) is 1. The number of alkyl halides is 3. The average molecular weight is 392 g/mol. The van der Waals surface area contributed by atoms with Gasteiger partial charge in [0.1, 0.15) is 6.04 Å². The molecule has 0 aliphatic rings. The molecule has 0 heterocycles. The van der Waals surface area contributed by atoms with Gasteiger partial charge < -0.3 is 15.8 Å². The van der Waals surface area contributed by atoms with Crippen molar-refractivity contribution in [3.63, 3.8) is 0 Å². The van der Waals surface area contributed by atoms with E-state index in [9.17, 15) is 18.0 Å². The third-order valence-electron chi connectivity index (χ3n) is 2.51. The molecule has 3 N–H and O–H groups in total. The fourth-order valence-electron chi connectivity index (χ4n) is 1.54. The molecule has 0 saturated carbocycles. The molecular formula is C12H15BrClF3N2O2. The molecule has 0 spiro atoms. The van der Waals surface area contributed by atoms with Gasteiger partial charge in [0.15, 0.2) is 0 Å². The highest BCUT2D eigenvalue weighted by atomic mass is 79.9. The Balaban J connectivity index is 0.00000400. The number of carbonyl (C=O) groups excluding carboxylic acids is 1. The van der Waals surface area contributed by atoms with Crippen molar-refractivity contribution in [3.8, 4) is 0 Å². The fourth-order valence-corrected chi connectivity index (χ4v) is 1.90. The van der Waals surface area contributed by atoms with Crippen molar-refractivity contribution in [1.29, 1.82) is 0 Å². The first-order valence-corrected chi connectivity index (χ1v) is 6.43. The summed E-state index contributed by atoms with van der Waals surface area (Å²) in [5, 5.41) is 2.36. The van der Waals surface area contributed by atoms with E-state index in [0.29, 0.717) is 4.47 Å². The van der Waals surface area contributed by atoms with E-state index in [1.807, 2.05) is 0 Å². The summed E-state index contributed by atoms with van der Waals surface area (Å²) in [6.45, 7) is -0.253. The first-order valence-electron chi connectivity index (χ1n) is 5.63. The summed E-state index contributed by atoms with van der Waals surface area (Å²) in [4.78, 5) is 11.5. The van der Waals surface area contributed by atoms with Crippen LogP contribution in [-0.2, 0) is 22.3 Å². The lowest BCUT2D eigenvalue weighted by Gasteiger charge is -2.15. The zero-order valence-electron chi connectivity index (χ0n) is 11.0. The minimum atomic E-state index is -4.49. The van der Waals surface area contributed by atoms with E-state index in [2.05, 4.69) is 21.2 Å². The van der Waals surface area contributed by atoms with Crippen LogP contribution >= 0.6 is 28.3 Å². The van der Waals surface area contributed by atoms with Crippen LogP contribution < -0.4 is 11.1 Å². The third kappa shape index (κ3) is 6.21. The number of hydrogen-bond acceptors (Lipinski definition) is 3. The lowest BCUT2D eigenvalue weighted by Crippen LogP contribution is -2.43. The molecule has 1 rings (SSSR count). The van der Waals surface area contributed by atoms with Crippen LogP contribution in [0.1, 0.15) is 11.1 Å². The van der Waals surface area contributed by atoms with Crippen LogP contribution in [-0.4, -0.2) is 25.7 Å². The van der Waals surface area contributed by atoms with Crippen molar-refractivity contribution in [1.82, 2.24) is 5.32 Å². The summed E-state index contributed by atoms with van der Waals surface area (Å²) in [5.74, 6) is -0.567. The average Bonchev–Trinajstić information content (AvgIpc) is 2.36. The van der Waals surface area contributed by atoms with Gasteiger partial charge in [0, 0.05) is 18.1 Å². The second-order valence-electron chi connectivity index (χ2n) is 4.08. The van der Waals surface area contributed by atoms with E-state index in [0.717, 1.165) is 6.07 Å². The summed E-state index contributed by atoms with van der Waals surface area (Å²) in [7, 11) is 1.38. The van der Waals surface area contributed by atoms with Crippen LogP contribution in [0.15, 0.2) is 22.7 Å². The molecule has 1 aromatic rings. The number of hydrogen-bond donors (Lipinski definition) is 2. The molecule has 1 amide bonds. The Hall–Kier alpha value is -0.830. The summed E-state index contributed by atoms with van der Waals surface area (Å²) in [6.07, 6.45) is -4.49. The number of halogens is 5. The maximum absolute atomic E-state index is 12.9. The highest BCUT2D eigenvalue weighted by molar-refractivity contribution is 9.10. The molecule has 9 heteroatoms. The number of ether oxygens (including phenoxy) is 1. The van der Waals surface area contributed by atoms with Gasteiger partial charge in [-0.15, -0.1) is 12.4 Å². The number of benzene rings is 1. The SMILES string of the molecule is COCC(N)C(=O)NCc1ccc(Br)cc1C(F)(F)F.Cl. The van der Waals surface area contributed by atoms with Crippen molar-refractivity contribution in [3.05, 3.63) is 33.8 Å². The predicted molar refractivity (Wildman–Crippen MR) is 78.1 cm³/mol. The van der Waals surface area contributed by atoms with Crippen LogP contribution in [0.5, 0.6) is 0 Å². The van der Waals surface area contributed by atoms with Gasteiger partial charge in [-0.25, -0.2) is 0 Å². The first kappa shape index (κ1) is 20.2. The zero-order chi connectivity index (χ0) is 15.3. The molecule has 0 aliphatic heterocycles. The predicted octanol–water partition coefficient (Wildman–Crippen LogP) is 2.48. The topological polar surface area (TPSA) is 64.3 Å². The van der Waals surface area contributed by atoms with Crippen LogP contribution in [0.25, 0.3) is 0 Å². The molecule has 1 atom stereocenters. The Bertz CT molecular complexity index is 486. The maximum atomic E-state index is 12.9. The zero-order valence-corrected chi connectivity index (χ0v) is 13.4. The standard InChI is InChI=1S/C12H14BrF3N2O2.ClH/c1-20-6-10(17)11(19)18-5-7-2-3-8(13)4-9(7)12(14,15)16;/h2-4,10H,5-6,17H2,1H3,(H,18,19);1H. The van der Waals surface area contributed by atoms with Crippen LogP contribution in [0.3, 0.4) is 0 Å². The fraction of sp³-hybridized carbons (Fsp3) is 0.417.